The van der Waals surface area contributed by atoms with E-state index in [4.69, 9.17) is 21.1 Å². The van der Waals surface area contributed by atoms with Crippen molar-refractivity contribution in [2.45, 2.75) is 44.8 Å². The van der Waals surface area contributed by atoms with Crippen molar-refractivity contribution >= 4 is 29.4 Å². The predicted molar refractivity (Wildman–Crippen MR) is 98.1 cm³/mol. The Bertz CT molecular complexity index is 783. The first-order valence-corrected chi connectivity index (χ1v) is 8.81. The molecule has 140 valence electrons. The van der Waals surface area contributed by atoms with Crippen LogP contribution in [-0.4, -0.2) is 35.9 Å². The number of halogens is 1. The zero-order chi connectivity index (χ0) is 19.2. The molecular weight excluding hydrogens is 358 g/mol. The lowest BCUT2D eigenvalue weighted by atomic mass is 9.78. The summed E-state index contributed by atoms with van der Waals surface area (Å²) in [6, 6.07) is 2.28. The smallest absolute Gasteiger partial charge is 0.415 e. The first-order chi connectivity index (χ1) is 12.2. The molecule has 1 amide bonds. The van der Waals surface area contributed by atoms with Crippen molar-refractivity contribution in [2.24, 2.45) is 5.92 Å². The van der Waals surface area contributed by atoms with E-state index in [1.807, 2.05) is 12.2 Å². The van der Waals surface area contributed by atoms with Gasteiger partial charge in [0, 0.05) is 22.4 Å². The van der Waals surface area contributed by atoms with Gasteiger partial charge < -0.3 is 14.6 Å². The Labute approximate surface area is 157 Å². The van der Waals surface area contributed by atoms with Crippen molar-refractivity contribution in [3.8, 4) is 5.75 Å². The second-order valence-corrected chi connectivity index (χ2v) is 7.91. The highest BCUT2D eigenvalue weighted by Gasteiger charge is 2.50. The number of ether oxygens (including phenoxy) is 2. The van der Waals surface area contributed by atoms with Crippen LogP contribution in [-0.2, 0) is 9.53 Å². The van der Waals surface area contributed by atoms with Crippen LogP contribution >= 0.6 is 11.6 Å². The molecule has 3 rings (SSSR count). The molecule has 3 atom stereocenters. The molecular formula is C19H22ClNO5. The molecule has 2 aliphatic rings. The summed E-state index contributed by atoms with van der Waals surface area (Å²) in [5.74, 6) is -1.19. The molecule has 1 heterocycles. The Morgan fingerprint density at radius 2 is 2.00 bits per heavy atom. The number of carboxylic acid groups (broad SMARTS) is 1. The third-order valence-electron chi connectivity index (χ3n) is 4.66. The average Bonchev–Trinajstić information content (AvgIpc) is 3.00. The number of carboxylic acids is 1. The first kappa shape index (κ1) is 18.6. The zero-order valence-corrected chi connectivity index (χ0v) is 15.9. The topological polar surface area (TPSA) is 76.1 Å². The molecule has 0 saturated heterocycles. The van der Waals surface area contributed by atoms with Gasteiger partial charge in [-0.3, -0.25) is 4.90 Å². The summed E-state index contributed by atoms with van der Waals surface area (Å²) in [5, 5.41) is 10.4. The lowest BCUT2D eigenvalue weighted by Gasteiger charge is -2.42. The largest absolute Gasteiger partial charge is 0.495 e. The molecule has 26 heavy (non-hydrogen) atoms. The van der Waals surface area contributed by atoms with E-state index in [2.05, 4.69) is 0 Å². The van der Waals surface area contributed by atoms with Crippen LogP contribution in [0.2, 0.25) is 5.02 Å². The summed E-state index contributed by atoms with van der Waals surface area (Å²) in [6.45, 7) is 5.21. The normalized spacial score (nSPS) is 24.0. The second kappa shape index (κ2) is 6.50. The fraction of sp³-hybridized carbons (Fsp3) is 0.474. The molecule has 1 aromatic rings. The highest BCUT2D eigenvalue weighted by atomic mass is 35.5. The highest BCUT2D eigenvalue weighted by molar-refractivity contribution is 6.32. The van der Waals surface area contributed by atoms with Gasteiger partial charge in [0.25, 0.3) is 0 Å². The molecule has 1 aromatic carbocycles. The van der Waals surface area contributed by atoms with E-state index in [0.717, 1.165) is 0 Å². The van der Waals surface area contributed by atoms with E-state index in [1.165, 1.54) is 12.0 Å². The third-order valence-corrected chi connectivity index (χ3v) is 4.99. The van der Waals surface area contributed by atoms with Gasteiger partial charge in [0.05, 0.1) is 12.8 Å². The summed E-state index contributed by atoms with van der Waals surface area (Å²) in [4.78, 5) is 26.3. The van der Waals surface area contributed by atoms with Gasteiger partial charge in [0.15, 0.2) is 0 Å². The SMILES string of the molecule is COc1ccc(Cl)c2c1N(C(=O)OC(C)(C)C)[C@@H](C(=O)O)[C@H]1CC=C[C@@H]21. The average molecular weight is 380 g/mol. The molecule has 0 spiro atoms. The maximum absolute atomic E-state index is 13.0. The number of anilines is 1. The van der Waals surface area contributed by atoms with Crippen LogP contribution in [0.3, 0.4) is 0 Å². The van der Waals surface area contributed by atoms with Gasteiger partial charge in [-0.15, -0.1) is 0 Å². The van der Waals surface area contributed by atoms with E-state index in [1.54, 1.807) is 32.9 Å². The van der Waals surface area contributed by atoms with Crippen molar-refractivity contribution in [3.63, 3.8) is 0 Å². The third kappa shape index (κ3) is 3.03. The van der Waals surface area contributed by atoms with Gasteiger partial charge >= 0.3 is 12.1 Å². The van der Waals surface area contributed by atoms with Crippen LogP contribution < -0.4 is 9.64 Å². The molecule has 1 aliphatic heterocycles. The monoisotopic (exact) mass is 379 g/mol. The number of carbonyl (C=O) groups is 2. The van der Waals surface area contributed by atoms with Gasteiger partial charge in [-0.05, 0) is 39.3 Å². The minimum absolute atomic E-state index is 0.188. The molecule has 0 fully saturated rings. The minimum Gasteiger partial charge on any atom is -0.495 e. The number of hydrogen-bond acceptors (Lipinski definition) is 4. The Morgan fingerprint density at radius 3 is 2.58 bits per heavy atom. The second-order valence-electron chi connectivity index (χ2n) is 7.50. The lowest BCUT2D eigenvalue weighted by Crippen LogP contribution is -2.54. The number of fused-ring (bicyclic) bond motifs is 3. The maximum atomic E-state index is 13.0. The number of rotatable bonds is 2. The van der Waals surface area contributed by atoms with Gasteiger partial charge in [-0.1, -0.05) is 23.8 Å². The van der Waals surface area contributed by atoms with E-state index >= 15 is 0 Å². The predicted octanol–water partition coefficient (Wildman–Crippen LogP) is 4.22. The molecule has 7 heteroatoms. The highest BCUT2D eigenvalue weighted by Crippen LogP contribution is 2.53. The Balaban J connectivity index is 2.24. The van der Waals surface area contributed by atoms with Crippen LogP contribution in [0.25, 0.3) is 0 Å². The Kier molecular flexibility index (Phi) is 4.65. The summed E-state index contributed by atoms with van der Waals surface area (Å²) in [5.41, 5.74) is 0.305. The zero-order valence-electron chi connectivity index (χ0n) is 15.2. The Hall–Kier alpha value is -2.21. The standard InChI is InChI=1S/C19H22ClNO5/c1-19(2,3)26-18(24)21-15(17(22)23)11-7-5-6-10(11)14-12(20)8-9-13(25-4)16(14)21/h5-6,8-11,15H,7H2,1-4H3,(H,22,23)/t10-,11+,15-/m1/s1. The van der Waals surface area contributed by atoms with Gasteiger partial charge in [0.1, 0.15) is 17.4 Å². The van der Waals surface area contributed by atoms with E-state index in [9.17, 15) is 14.7 Å². The summed E-state index contributed by atoms with van der Waals surface area (Å²) < 4.78 is 10.9. The minimum atomic E-state index is -1.08. The van der Waals surface area contributed by atoms with Crippen LogP contribution in [0.1, 0.15) is 38.7 Å². The van der Waals surface area contributed by atoms with Crippen LogP contribution in [0.5, 0.6) is 5.75 Å². The molecule has 0 unspecified atom stereocenters. The van der Waals surface area contributed by atoms with Crippen LogP contribution in [0.15, 0.2) is 24.3 Å². The number of allylic oxidation sites excluding steroid dienone is 2. The number of nitrogens with zero attached hydrogens (tertiary/aromatic N) is 1. The van der Waals surface area contributed by atoms with Gasteiger partial charge in [-0.25, -0.2) is 9.59 Å². The van der Waals surface area contributed by atoms with Crippen LogP contribution in [0, 0.1) is 5.92 Å². The number of hydrogen-bond donors (Lipinski definition) is 1. The molecule has 0 bridgehead atoms. The number of aliphatic carboxylic acids is 1. The number of methoxy groups -OCH3 is 1. The van der Waals surface area contributed by atoms with Crippen molar-refractivity contribution < 1.29 is 24.2 Å². The maximum Gasteiger partial charge on any atom is 0.415 e. The van der Waals surface area contributed by atoms with Crippen LogP contribution in [0.4, 0.5) is 10.5 Å². The fourth-order valence-corrected chi connectivity index (χ4v) is 4.02. The molecule has 0 aromatic heterocycles. The van der Waals surface area contributed by atoms with Gasteiger partial charge in [0.2, 0.25) is 0 Å². The number of amides is 1. The van der Waals surface area contributed by atoms with E-state index in [-0.39, 0.29) is 11.8 Å². The first-order valence-electron chi connectivity index (χ1n) is 8.43. The lowest BCUT2D eigenvalue weighted by molar-refractivity contribution is -0.140. The van der Waals surface area contributed by atoms with E-state index in [0.29, 0.717) is 28.4 Å². The fourth-order valence-electron chi connectivity index (χ4n) is 3.74. The van der Waals surface area contributed by atoms with E-state index < -0.39 is 23.7 Å². The molecule has 6 nitrogen and oxygen atoms in total. The Morgan fingerprint density at radius 1 is 1.31 bits per heavy atom. The molecule has 0 radical (unpaired) electrons. The summed E-state index contributed by atoms with van der Waals surface area (Å²) >= 11 is 6.45. The molecule has 1 aliphatic carbocycles. The van der Waals surface area contributed by atoms with Crippen molar-refractivity contribution in [3.05, 3.63) is 34.9 Å². The number of benzene rings is 1. The molecule has 1 N–H and O–H groups in total. The number of carbonyl (C=O) groups excluding carboxylic acids is 1. The van der Waals surface area contributed by atoms with Gasteiger partial charge in [-0.2, -0.15) is 0 Å². The van der Waals surface area contributed by atoms with Crippen molar-refractivity contribution in [1.29, 1.82) is 0 Å². The summed E-state index contributed by atoms with van der Waals surface area (Å²) in [7, 11) is 1.48. The quantitative estimate of drug-likeness (QED) is 0.778. The summed E-state index contributed by atoms with van der Waals surface area (Å²) in [6.07, 6.45) is 3.71. The van der Waals surface area contributed by atoms with Crippen molar-refractivity contribution in [2.75, 3.05) is 12.0 Å². The van der Waals surface area contributed by atoms with Crippen molar-refractivity contribution in [1.82, 2.24) is 0 Å². The molecule has 0 saturated carbocycles.